The van der Waals surface area contributed by atoms with Crippen LogP contribution in [0.5, 0.6) is 0 Å². The first-order chi connectivity index (χ1) is 26.9. The molecule has 0 aromatic heterocycles. The molecule has 5 N–H and O–H groups in total. The number of methoxy groups -OCH3 is 2. The van der Waals surface area contributed by atoms with E-state index in [0.717, 1.165) is 10.5 Å². The van der Waals surface area contributed by atoms with Gasteiger partial charge in [0.25, 0.3) is 11.7 Å². The molecule has 57 heavy (non-hydrogen) atoms. The van der Waals surface area contributed by atoms with Crippen molar-refractivity contribution in [2.45, 2.75) is 159 Å². The van der Waals surface area contributed by atoms with Crippen molar-refractivity contribution < 1.29 is 63.7 Å². The molecule has 1 aliphatic carbocycles. The lowest BCUT2D eigenvalue weighted by Gasteiger charge is -2.47. The Kier molecular flexibility index (Phi) is 16.8. The van der Waals surface area contributed by atoms with Gasteiger partial charge in [-0.05, 0) is 89.0 Å². The molecule has 15 atom stereocenters. The lowest BCUT2D eigenvalue weighted by molar-refractivity contribution is -0.306. The van der Waals surface area contributed by atoms with Crippen LogP contribution in [0.3, 0.4) is 0 Å². The molecule has 0 radical (unpaired) electrons. The Hall–Kier alpha value is -2.82. The Morgan fingerprint density at radius 3 is 2.28 bits per heavy atom. The summed E-state index contributed by atoms with van der Waals surface area (Å²) in [5, 5.41) is 56.8. The Labute approximate surface area is 337 Å². The fourth-order valence-corrected chi connectivity index (χ4v) is 9.16. The van der Waals surface area contributed by atoms with Gasteiger partial charge in [-0.1, -0.05) is 44.6 Å². The van der Waals surface area contributed by atoms with Crippen LogP contribution in [0.4, 0.5) is 0 Å². The SMILES string of the molecule is C=CC[C@@H]1/C=C(\C)C[C@H](C)[C@H](O)[C@H](O)[C@H]2O[C@@](O)(C(=O)C(=O)N3CCCC[C@H]3C(=O)O[C@H](/C(C)=C/[C@@H]3CC[C@@H](O)[C@H](OC)C3)[C@H](C)[C@@H](O)CC1=O)[C@H](C)C[C@@H]2OC. The molecular formula is C43H67NO13. The first-order valence-corrected chi connectivity index (χ1v) is 20.6. The number of Topliss-reactive ketones (excluding diaryl/α,β-unsaturated/α-hetero) is 2. The number of fused-ring (bicyclic) bond motifs is 3. The van der Waals surface area contributed by atoms with E-state index < -0.39 is 95.9 Å². The second-order valence-corrected chi connectivity index (χ2v) is 17.1. The number of aliphatic hydroxyl groups excluding tert-OH is 4. The molecule has 3 fully saturated rings. The average Bonchev–Trinajstić information content (AvgIpc) is 3.19. The predicted octanol–water partition coefficient (Wildman–Crippen LogP) is 2.96. The molecule has 1 amide bonds. The summed E-state index contributed by atoms with van der Waals surface area (Å²) in [6.45, 7) is 12.3. The molecule has 4 aliphatic rings. The highest BCUT2D eigenvalue weighted by Gasteiger charge is 2.57. The van der Waals surface area contributed by atoms with Crippen LogP contribution in [-0.4, -0.2) is 135 Å². The molecule has 0 aromatic rings. The number of nitrogens with zero attached hydrogens (tertiary/aromatic N) is 1. The van der Waals surface area contributed by atoms with E-state index in [-0.39, 0.29) is 56.5 Å². The topological polar surface area (TPSA) is 210 Å². The van der Waals surface area contributed by atoms with Gasteiger partial charge in [-0.2, -0.15) is 0 Å². The maximum Gasteiger partial charge on any atom is 0.329 e. The van der Waals surface area contributed by atoms with Crippen LogP contribution in [-0.2, 0) is 38.1 Å². The first-order valence-electron chi connectivity index (χ1n) is 20.6. The number of carbonyl (C=O) groups is 4. The van der Waals surface area contributed by atoms with Gasteiger partial charge in [0.15, 0.2) is 0 Å². The zero-order valence-corrected chi connectivity index (χ0v) is 34.7. The number of piperidine rings is 1. The third-order valence-electron chi connectivity index (χ3n) is 12.8. The molecule has 14 heteroatoms. The normalized spacial score (nSPS) is 42.3. The Balaban J connectivity index is 1.78. The van der Waals surface area contributed by atoms with Crippen molar-refractivity contribution in [3.63, 3.8) is 0 Å². The molecule has 3 heterocycles. The number of esters is 1. The predicted molar refractivity (Wildman–Crippen MR) is 209 cm³/mol. The summed E-state index contributed by atoms with van der Waals surface area (Å²) in [6, 6.07) is -1.21. The quantitative estimate of drug-likeness (QED) is 0.149. The van der Waals surface area contributed by atoms with Crippen LogP contribution in [0.2, 0.25) is 0 Å². The standard InChI is InChI=1S/C43H67NO13/c1-9-12-29-18-23(2)17-24(3)36(48)37(49)39-35(55-8)20-26(5)43(53,57-39)40(50)41(51)44-16-11-10-13-30(44)42(52)56-38(27(6)32(46)22-33(29)47)25(4)19-28-14-15-31(45)34(21-28)54-7/h9,18-19,24,26-32,34-39,45-46,48-49,53H,1,10-17,20-22H2,2-8H3/b23-18+,25-19+/t24-,26+,27+,28-,29+,30-,31+,32-,34+,35-,36-,37-,38+,39-,43+/m0/s1. The fourth-order valence-electron chi connectivity index (χ4n) is 9.16. The summed E-state index contributed by atoms with van der Waals surface area (Å²) in [6.07, 6.45) is -0.158. The van der Waals surface area contributed by atoms with E-state index in [4.69, 9.17) is 18.9 Å². The van der Waals surface area contributed by atoms with Crippen molar-refractivity contribution in [2.75, 3.05) is 20.8 Å². The molecule has 2 bridgehead atoms. The van der Waals surface area contributed by atoms with Crippen molar-refractivity contribution in [1.29, 1.82) is 0 Å². The molecule has 322 valence electrons. The van der Waals surface area contributed by atoms with Crippen LogP contribution in [0.1, 0.15) is 98.8 Å². The van der Waals surface area contributed by atoms with Crippen LogP contribution < -0.4 is 0 Å². The van der Waals surface area contributed by atoms with Gasteiger partial charge in [-0.15, -0.1) is 6.58 Å². The minimum Gasteiger partial charge on any atom is -0.456 e. The molecule has 0 aromatic carbocycles. The maximum atomic E-state index is 14.3. The summed E-state index contributed by atoms with van der Waals surface area (Å²) >= 11 is 0. The number of hydrogen-bond acceptors (Lipinski definition) is 13. The number of hydrogen-bond donors (Lipinski definition) is 5. The smallest absolute Gasteiger partial charge is 0.329 e. The lowest BCUT2D eigenvalue weighted by Crippen LogP contribution is -2.65. The number of aliphatic hydroxyl groups is 5. The highest BCUT2D eigenvalue weighted by Crippen LogP contribution is 2.39. The van der Waals surface area contributed by atoms with E-state index in [1.54, 1.807) is 47.0 Å². The second-order valence-electron chi connectivity index (χ2n) is 17.1. The van der Waals surface area contributed by atoms with E-state index in [2.05, 4.69) is 6.58 Å². The number of cyclic esters (lactones) is 1. The molecule has 0 spiro atoms. The lowest BCUT2D eigenvalue weighted by atomic mass is 9.81. The van der Waals surface area contributed by atoms with Gasteiger partial charge in [0, 0.05) is 44.9 Å². The molecule has 3 aliphatic heterocycles. The number of ether oxygens (including phenoxy) is 4. The first kappa shape index (κ1) is 46.9. The number of ketones is 2. The molecule has 1 saturated carbocycles. The minimum absolute atomic E-state index is 0.00316. The number of carbonyl (C=O) groups excluding carboxylic acids is 4. The Morgan fingerprint density at radius 2 is 1.63 bits per heavy atom. The zero-order valence-electron chi connectivity index (χ0n) is 34.7. The largest absolute Gasteiger partial charge is 0.456 e. The van der Waals surface area contributed by atoms with Gasteiger partial charge < -0.3 is 49.4 Å². The summed E-state index contributed by atoms with van der Waals surface area (Å²) in [7, 11) is 2.92. The van der Waals surface area contributed by atoms with Gasteiger partial charge in [0.05, 0.1) is 30.5 Å². The zero-order chi connectivity index (χ0) is 42.4. The van der Waals surface area contributed by atoms with Gasteiger partial charge in [0.2, 0.25) is 5.79 Å². The van der Waals surface area contributed by atoms with Crippen LogP contribution in [0.25, 0.3) is 0 Å². The van der Waals surface area contributed by atoms with Gasteiger partial charge in [-0.3, -0.25) is 14.4 Å². The van der Waals surface area contributed by atoms with Crippen molar-refractivity contribution in [1.82, 2.24) is 4.90 Å². The Morgan fingerprint density at radius 1 is 0.947 bits per heavy atom. The molecule has 0 unspecified atom stereocenters. The highest BCUT2D eigenvalue weighted by molar-refractivity contribution is 6.39. The van der Waals surface area contributed by atoms with E-state index in [0.29, 0.717) is 37.7 Å². The van der Waals surface area contributed by atoms with Gasteiger partial charge >= 0.3 is 5.97 Å². The van der Waals surface area contributed by atoms with Crippen LogP contribution in [0, 0.1) is 29.6 Å². The summed E-state index contributed by atoms with van der Waals surface area (Å²) in [4.78, 5) is 57.4. The third-order valence-corrected chi connectivity index (χ3v) is 12.8. The van der Waals surface area contributed by atoms with Crippen molar-refractivity contribution in [3.05, 3.63) is 36.0 Å². The molecular weight excluding hydrogens is 738 g/mol. The van der Waals surface area contributed by atoms with Gasteiger partial charge in [0.1, 0.15) is 30.1 Å². The van der Waals surface area contributed by atoms with Crippen LogP contribution >= 0.6 is 0 Å². The third kappa shape index (κ3) is 10.9. The Bertz CT molecular complexity index is 1500. The van der Waals surface area contributed by atoms with E-state index in [9.17, 15) is 44.7 Å². The minimum atomic E-state index is -2.71. The summed E-state index contributed by atoms with van der Waals surface area (Å²) < 4.78 is 23.3. The number of amides is 1. The van der Waals surface area contributed by atoms with Crippen molar-refractivity contribution in [3.8, 4) is 0 Å². The monoisotopic (exact) mass is 805 g/mol. The summed E-state index contributed by atoms with van der Waals surface area (Å²) in [5.74, 6) is -9.32. The number of rotatable bonds is 6. The van der Waals surface area contributed by atoms with E-state index in [1.807, 2.05) is 6.08 Å². The fraction of sp³-hybridized carbons (Fsp3) is 0.767. The second kappa shape index (κ2) is 20.4. The van der Waals surface area contributed by atoms with Crippen molar-refractivity contribution in [2.24, 2.45) is 29.6 Å². The van der Waals surface area contributed by atoms with E-state index >= 15 is 0 Å². The maximum absolute atomic E-state index is 14.3. The average molecular weight is 806 g/mol. The molecule has 2 saturated heterocycles. The number of allylic oxidation sites excluding steroid dienone is 4. The molecule has 14 nitrogen and oxygen atoms in total. The highest BCUT2D eigenvalue weighted by atomic mass is 16.7. The molecule has 4 rings (SSSR count). The van der Waals surface area contributed by atoms with Gasteiger partial charge in [-0.25, -0.2) is 4.79 Å². The van der Waals surface area contributed by atoms with Crippen molar-refractivity contribution >= 4 is 23.4 Å². The summed E-state index contributed by atoms with van der Waals surface area (Å²) in [5.41, 5.74) is 1.35. The van der Waals surface area contributed by atoms with Crippen LogP contribution in [0.15, 0.2) is 36.0 Å². The van der Waals surface area contributed by atoms with E-state index in [1.165, 1.54) is 14.0 Å².